The Kier molecular flexibility index (Phi) is 5.73. The maximum absolute atomic E-state index is 12.6. The Morgan fingerprint density at radius 3 is 2.64 bits per heavy atom. The lowest BCUT2D eigenvalue weighted by atomic mass is 10.1. The number of carbonyl (C=O) groups excluding carboxylic acids is 3. The molecule has 0 radical (unpaired) electrons. The molecule has 3 rings (SSSR count). The maximum atomic E-state index is 12.6. The van der Waals surface area contributed by atoms with E-state index in [0.29, 0.717) is 22.9 Å². The lowest BCUT2D eigenvalue weighted by molar-refractivity contribution is -0.130. The summed E-state index contributed by atoms with van der Waals surface area (Å²) in [6.45, 7) is 0.0647. The van der Waals surface area contributed by atoms with Crippen molar-refractivity contribution >= 4 is 23.5 Å². The van der Waals surface area contributed by atoms with E-state index in [4.69, 9.17) is 9.47 Å². The van der Waals surface area contributed by atoms with Gasteiger partial charge in [0.05, 0.1) is 39.1 Å². The van der Waals surface area contributed by atoms with E-state index >= 15 is 0 Å². The highest BCUT2D eigenvalue weighted by atomic mass is 16.5. The average molecular weight is 384 g/mol. The minimum Gasteiger partial charge on any atom is -0.496 e. The van der Waals surface area contributed by atoms with Crippen LogP contribution in [0, 0.1) is 0 Å². The molecule has 1 aromatic heterocycles. The Labute approximate surface area is 161 Å². The summed E-state index contributed by atoms with van der Waals surface area (Å²) in [6, 6.07) is 8.89. The van der Waals surface area contributed by atoms with Crippen molar-refractivity contribution in [3.63, 3.8) is 0 Å². The van der Waals surface area contributed by atoms with Crippen molar-refractivity contribution in [1.29, 1.82) is 0 Å². The van der Waals surface area contributed by atoms with Crippen molar-refractivity contribution < 1.29 is 23.9 Å². The molecular formula is C19H20N4O5. The van der Waals surface area contributed by atoms with E-state index in [2.05, 4.69) is 15.6 Å². The summed E-state index contributed by atoms with van der Waals surface area (Å²) in [5, 5.41) is 5.19. The topological polar surface area (TPSA) is 110 Å². The van der Waals surface area contributed by atoms with Crippen molar-refractivity contribution in [3.8, 4) is 11.6 Å². The smallest absolute Gasteiger partial charge is 0.325 e. The third-order valence-electron chi connectivity index (χ3n) is 4.25. The summed E-state index contributed by atoms with van der Waals surface area (Å²) in [7, 11) is 3.01. The molecule has 2 N–H and O–H groups in total. The third kappa shape index (κ3) is 4.20. The molecule has 1 aromatic carbocycles. The quantitative estimate of drug-likeness (QED) is 0.701. The second kappa shape index (κ2) is 8.38. The molecule has 1 aliphatic rings. The summed E-state index contributed by atoms with van der Waals surface area (Å²) in [5.74, 6) is 0.128. The van der Waals surface area contributed by atoms with Crippen LogP contribution in [0.2, 0.25) is 0 Å². The molecule has 1 fully saturated rings. The molecule has 1 saturated heterocycles. The molecule has 9 heteroatoms. The van der Waals surface area contributed by atoms with E-state index in [1.54, 1.807) is 36.4 Å². The van der Waals surface area contributed by atoms with Crippen LogP contribution in [0.4, 0.5) is 10.5 Å². The number of nitrogens with zero attached hydrogens (tertiary/aromatic N) is 2. The van der Waals surface area contributed by atoms with Gasteiger partial charge in [-0.15, -0.1) is 0 Å². The molecule has 4 amide bonds. The van der Waals surface area contributed by atoms with E-state index in [-0.39, 0.29) is 13.0 Å². The fourth-order valence-corrected chi connectivity index (χ4v) is 2.84. The van der Waals surface area contributed by atoms with Crippen LogP contribution in [0.25, 0.3) is 0 Å². The van der Waals surface area contributed by atoms with Crippen LogP contribution < -0.4 is 20.1 Å². The molecule has 9 nitrogen and oxygen atoms in total. The number of imide groups is 1. The SMILES string of the molecule is COc1ccc(NC(=O)C[C@H]2NC(=O)N(Cc3ccccc3OC)C2=O)cn1. The number of amides is 4. The fourth-order valence-electron chi connectivity index (χ4n) is 2.84. The zero-order valence-corrected chi connectivity index (χ0v) is 15.5. The Bertz CT molecular complexity index is 884. The van der Waals surface area contributed by atoms with Crippen LogP contribution in [0.1, 0.15) is 12.0 Å². The third-order valence-corrected chi connectivity index (χ3v) is 4.25. The van der Waals surface area contributed by atoms with Crippen LogP contribution in [-0.2, 0) is 16.1 Å². The van der Waals surface area contributed by atoms with Gasteiger partial charge >= 0.3 is 6.03 Å². The van der Waals surface area contributed by atoms with Crippen LogP contribution in [0.5, 0.6) is 11.6 Å². The molecule has 28 heavy (non-hydrogen) atoms. The van der Waals surface area contributed by atoms with Crippen molar-refractivity contribution in [2.24, 2.45) is 0 Å². The Morgan fingerprint density at radius 2 is 1.96 bits per heavy atom. The van der Waals surface area contributed by atoms with Gasteiger partial charge in [0, 0.05) is 11.6 Å². The molecule has 0 spiro atoms. The number of hydrogen-bond acceptors (Lipinski definition) is 6. The van der Waals surface area contributed by atoms with Crippen molar-refractivity contribution in [3.05, 3.63) is 48.2 Å². The lowest BCUT2D eigenvalue weighted by Crippen LogP contribution is -2.34. The highest BCUT2D eigenvalue weighted by Crippen LogP contribution is 2.22. The van der Waals surface area contributed by atoms with Gasteiger partial charge in [-0.25, -0.2) is 9.78 Å². The van der Waals surface area contributed by atoms with Crippen molar-refractivity contribution in [1.82, 2.24) is 15.2 Å². The van der Waals surface area contributed by atoms with E-state index < -0.39 is 23.9 Å². The molecule has 0 bridgehead atoms. The van der Waals surface area contributed by atoms with Gasteiger partial charge in [0.15, 0.2) is 0 Å². The molecule has 0 aliphatic carbocycles. The first-order chi connectivity index (χ1) is 13.5. The number of anilines is 1. The molecule has 0 saturated carbocycles. The van der Waals surface area contributed by atoms with Crippen LogP contribution in [0.15, 0.2) is 42.6 Å². The molecule has 2 aromatic rings. The number of methoxy groups -OCH3 is 2. The number of aromatic nitrogens is 1. The highest BCUT2D eigenvalue weighted by molar-refractivity contribution is 6.06. The maximum Gasteiger partial charge on any atom is 0.325 e. The minimum absolute atomic E-state index is 0.0647. The number of hydrogen-bond donors (Lipinski definition) is 2. The van der Waals surface area contributed by atoms with Gasteiger partial charge in [0.25, 0.3) is 5.91 Å². The number of rotatable bonds is 7. The Hall–Kier alpha value is -3.62. The zero-order chi connectivity index (χ0) is 20.1. The van der Waals surface area contributed by atoms with Gasteiger partial charge < -0.3 is 20.1 Å². The number of para-hydroxylation sites is 1. The number of nitrogens with one attached hydrogen (secondary N) is 2. The second-order valence-electron chi connectivity index (χ2n) is 6.08. The summed E-state index contributed by atoms with van der Waals surface area (Å²) in [4.78, 5) is 42.1. The summed E-state index contributed by atoms with van der Waals surface area (Å²) in [5.41, 5.74) is 1.16. The first-order valence-electron chi connectivity index (χ1n) is 8.55. The summed E-state index contributed by atoms with van der Waals surface area (Å²) < 4.78 is 10.2. The lowest BCUT2D eigenvalue weighted by Gasteiger charge is -2.15. The first-order valence-corrected chi connectivity index (χ1v) is 8.55. The number of benzene rings is 1. The first kappa shape index (κ1) is 19.2. The Morgan fingerprint density at radius 1 is 1.18 bits per heavy atom. The van der Waals surface area contributed by atoms with E-state index in [1.807, 2.05) is 0 Å². The Balaban J connectivity index is 1.61. The highest BCUT2D eigenvalue weighted by Gasteiger charge is 2.39. The van der Waals surface area contributed by atoms with E-state index in [9.17, 15) is 14.4 Å². The zero-order valence-electron chi connectivity index (χ0n) is 15.5. The van der Waals surface area contributed by atoms with E-state index in [1.165, 1.54) is 20.4 Å². The van der Waals surface area contributed by atoms with Crippen LogP contribution >= 0.6 is 0 Å². The second-order valence-corrected chi connectivity index (χ2v) is 6.08. The number of urea groups is 1. The number of pyridine rings is 1. The molecule has 0 unspecified atom stereocenters. The summed E-state index contributed by atoms with van der Waals surface area (Å²) in [6.07, 6.45) is 1.26. The van der Waals surface area contributed by atoms with Crippen LogP contribution in [-0.4, -0.2) is 48.0 Å². The number of ether oxygens (including phenoxy) is 2. The predicted molar refractivity (Wildman–Crippen MR) is 99.9 cm³/mol. The monoisotopic (exact) mass is 384 g/mol. The predicted octanol–water partition coefficient (Wildman–Crippen LogP) is 1.55. The van der Waals surface area contributed by atoms with Crippen molar-refractivity contribution in [2.45, 2.75) is 19.0 Å². The van der Waals surface area contributed by atoms with Gasteiger partial charge in [-0.05, 0) is 12.1 Å². The fraction of sp³-hybridized carbons (Fsp3) is 0.263. The van der Waals surface area contributed by atoms with Gasteiger partial charge in [0.2, 0.25) is 11.8 Å². The average Bonchev–Trinajstić information content (AvgIpc) is 2.96. The van der Waals surface area contributed by atoms with Gasteiger partial charge in [-0.3, -0.25) is 14.5 Å². The van der Waals surface area contributed by atoms with Crippen molar-refractivity contribution in [2.75, 3.05) is 19.5 Å². The van der Waals surface area contributed by atoms with Gasteiger partial charge in [-0.2, -0.15) is 0 Å². The minimum atomic E-state index is -0.923. The van der Waals surface area contributed by atoms with Gasteiger partial charge in [-0.1, -0.05) is 18.2 Å². The van der Waals surface area contributed by atoms with Gasteiger partial charge in [0.1, 0.15) is 11.8 Å². The molecular weight excluding hydrogens is 364 g/mol. The standard InChI is InChI=1S/C19H20N4O5/c1-27-15-6-4-3-5-12(15)11-23-18(25)14(22-19(23)26)9-16(24)21-13-7-8-17(28-2)20-10-13/h3-8,10,14H,9,11H2,1-2H3,(H,21,24)(H,22,26)/t14-/m1/s1. The summed E-state index contributed by atoms with van der Waals surface area (Å²) >= 11 is 0. The molecule has 146 valence electrons. The molecule has 1 atom stereocenters. The van der Waals surface area contributed by atoms with E-state index in [0.717, 1.165) is 4.90 Å². The largest absolute Gasteiger partial charge is 0.496 e. The number of carbonyl (C=O) groups is 3. The molecule has 1 aliphatic heterocycles. The molecule has 2 heterocycles. The van der Waals surface area contributed by atoms with Crippen LogP contribution in [0.3, 0.4) is 0 Å². The normalized spacial score (nSPS) is 15.9.